The summed E-state index contributed by atoms with van der Waals surface area (Å²) in [5.74, 6) is 1.57. The average Bonchev–Trinajstić information content (AvgIpc) is 2.74. The van der Waals surface area contributed by atoms with E-state index in [4.69, 9.17) is 9.47 Å². The van der Waals surface area contributed by atoms with Crippen LogP contribution in [0, 0.1) is 6.92 Å². The molecule has 156 valence electrons. The number of piperazine rings is 1. The topological polar surface area (TPSA) is 79.8 Å². The molecule has 0 unspecified atom stereocenters. The van der Waals surface area contributed by atoms with Gasteiger partial charge in [0.05, 0.1) is 24.6 Å². The molecule has 0 radical (unpaired) electrons. The number of aromatic nitrogens is 2. The second-order valence-corrected chi connectivity index (χ2v) is 6.91. The van der Waals surface area contributed by atoms with E-state index in [0.717, 1.165) is 50.7 Å². The van der Waals surface area contributed by atoms with Crippen molar-refractivity contribution in [3.63, 3.8) is 0 Å². The first-order valence-corrected chi connectivity index (χ1v) is 10.1. The third-order valence-electron chi connectivity index (χ3n) is 4.76. The number of benzene rings is 1. The Morgan fingerprint density at radius 3 is 2.62 bits per heavy atom. The highest BCUT2D eigenvalue weighted by Crippen LogP contribution is 2.23. The normalized spacial score (nSPS) is 14.5. The number of nitrogens with one attached hydrogen (secondary N) is 1. The van der Waals surface area contributed by atoms with E-state index in [0.29, 0.717) is 24.7 Å². The number of carbonyl (C=O) groups excluding carboxylic acids is 1. The van der Waals surface area contributed by atoms with Crippen molar-refractivity contribution in [2.45, 2.75) is 20.3 Å². The van der Waals surface area contributed by atoms with Crippen LogP contribution in [0.15, 0.2) is 36.4 Å². The second kappa shape index (κ2) is 10.6. The van der Waals surface area contributed by atoms with Crippen LogP contribution in [0.4, 0.5) is 16.3 Å². The van der Waals surface area contributed by atoms with Gasteiger partial charge in [0.25, 0.3) is 0 Å². The lowest BCUT2D eigenvalue weighted by Gasteiger charge is -2.35. The first-order valence-electron chi connectivity index (χ1n) is 10.1. The number of hydrogen-bond acceptors (Lipinski definition) is 7. The van der Waals surface area contributed by atoms with Gasteiger partial charge in [0.1, 0.15) is 5.75 Å². The Balaban J connectivity index is 1.33. The number of anilines is 2. The molecule has 1 saturated heterocycles. The van der Waals surface area contributed by atoms with Crippen molar-refractivity contribution in [1.29, 1.82) is 0 Å². The first-order chi connectivity index (χ1) is 14.2. The fourth-order valence-corrected chi connectivity index (χ4v) is 3.21. The van der Waals surface area contributed by atoms with Crippen LogP contribution < -0.4 is 15.0 Å². The minimum Gasteiger partial charge on any atom is -0.492 e. The Hall–Kier alpha value is -2.87. The molecule has 1 N–H and O–H groups in total. The summed E-state index contributed by atoms with van der Waals surface area (Å²) >= 11 is 0. The van der Waals surface area contributed by atoms with Gasteiger partial charge in [0.2, 0.25) is 0 Å². The summed E-state index contributed by atoms with van der Waals surface area (Å²) in [4.78, 5) is 16.7. The molecule has 3 rings (SSSR count). The Morgan fingerprint density at radius 2 is 1.90 bits per heavy atom. The zero-order valence-electron chi connectivity index (χ0n) is 17.1. The SMILES string of the molecule is CCOc1ccccc1NC(=O)OCCCN1CCN(c2ccc(C)nn2)CC1. The molecule has 0 saturated carbocycles. The average molecular weight is 399 g/mol. The first kappa shape index (κ1) is 20.9. The van der Waals surface area contributed by atoms with Crippen molar-refractivity contribution >= 4 is 17.6 Å². The summed E-state index contributed by atoms with van der Waals surface area (Å²) in [7, 11) is 0. The van der Waals surface area contributed by atoms with Crippen LogP contribution in [0.2, 0.25) is 0 Å². The van der Waals surface area contributed by atoms with E-state index >= 15 is 0 Å². The van der Waals surface area contributed by atoms with E-state index in [1.165, 1.54) is 0 Å². The molecule has 1 aliphatic heterocycles. The molecule has 1 aromatic heterocycles. The van der Waals surface area contributed by atoms with Crippen molar-refractivity contribution in [3.8, 4) is 5.75 Å². The monoisotopic (exact) mass is 399 g/mol. The van der Waals surface area contributed by atoms with E-state index in [1.54, 1.807) is 6.07 Å². The van der Waals surface area contributed by atoms with Crippen molar-refractivity contribution in [1.82, 2.24) is 15.1 Å². The highest BCUT2D eigenvalue weighted by atomic mass is 16.5. The molecule has 2 aromatic rings. The number of amides is 1. The van der Waals surface area contributed by atoms with E-state index in [1.807, 2.05) is 44.2 Å². The van der Waals surface area contributed by atoms with Gasteiger partial charge < -0.3 is 14.4 Å². The third-order valence-corrected chi connectivity index (χ3v) is 4.76. The molecule has 0 aliphatic carbocycles. The predicted molar refractivity (Wildman–Crippen MR) is 113 cm³/mol. The van der Waals surface area contributed by atoms with Crippen LogP contribution in [0.1, 0.15) is 19.0 Å². The van der Waals surface area contributed by atoms with Gasteiger partial charge in [-0.25, -0.2) is 4.79 Å². The molecule has 8 heteroatoms. The highest BCUT2D eigenvalue weighted by Gasteiger charge is 2.18. The van der Waals surface area contributed by atoms with E-state index in [2.05, 4.69) is 25.3 Å². The number of hydrogen-bond donors (Lipinski definition) is 1. The molecule has 8 nitrogen and oxygen atoms in total. The number of rotatable bonds is 8. The van der Waals surface area contributed by atoms with E-state index < -0.39 is 6.09 Å². The Bertz CT molecular complexity index is 776. The van der Waals surface area contributed by atoms with Gasteiger partial charge in [-0.1, -0.05) is 12.1 Å². The zero-order chi connectivity index (χ0) is 20.5. The molecule has 1 aliphatic rings. The molecule has 1 aromatic carbocycles. The van der Waals surface area contributed by atoms with Crippen LogP contribution in [0.25, 0.3) is 0 Å². The molecule has 0 spiro atoms. The minimum absolute atomic E-state index is 0.381. The molecule has 2 heterocycles. The second-order valence-electron chi connectivity index (χ2n) is 6.91. The van der Waals surface area contributed by atoms with Crippen LogP contribution >= 0.6 is 0 Å². The predicted octanol–water partition coefficient (Wildman–Crippen LogP) is 2.94. The largest absolute Gasteiger partial charge is 0.492 e. The molecular formula is C21H29N5O3. The van der Waals surface area contributed by atoms with Gasteiger partial charge in [-0.15, -0.1) is 5.10 Å². The van der Waals surface area contributed by atoms with Crippen molar-refractivity contribution in [2.24, 2.45) is 0 Å². The van der Waals surface area contributed by atoms with Gasteiger partial charge in [0.15, 0.2) is 5.82 Å². The lowest BCUT2D eigenvalue weighted by Crippen LogP contribution is -2.47. The maximum Gasteiger partial charge on any atom is 0.411 e. The van der Waals surface area contributed by atoms with E-state index in [-0.39, 0.29) is 0 Å². The quantitative estimate of drug-likeness (QED) is 0.684. The Kier molecular flexibility index (Phi) is 7.63. The smallest absolute Gasteiger partial charge is 0.411 e. The van der Waals surface area contributed by atoms with E-state index in [9.17, 15) is 4.79 Å². The molecule has 1 fully saturated rings. The fraction of sp³-hybridized carbons (Fsp3) is 0.476. The van der Waals surface area contributed by atoms with Crippen LogP contribution in [0.3, 0.4) is 0 Å². The summed E-state index contributed by atoms with van der Waals surface area (Å²) in [6, 6.07) is 11.3. The lowest BCUT2D eigenvalue weighted by atomic mass is 10.3. The maximum atomic E-state index is 12.0. The summed E-state index contributed by atoms with van der Waals surface area (Å²) in [5, 5.41) is 11.1. The third kappa shape index (κ3) is 6.32. The fourth-order valence-electron chi connectivity index (χ4n) is 3.21. The minimum atomic E-state index is -0.458. The van der Waals surface area contributed by atoms with Crippen molar-refractivity contribution < 1.29 is 14.3 Å². The molecular weight excluding hydrogens is 370 g/mol. The number of carbonyl (C=O) groups is 1. The lowest BCUT2D eigenvalue weighted by molar-refractivity contribution is 0.150. The summed E-state index contributed by atoms with van der Waals surface area (Å²) in [6.45, 7) is 9.44. The number of para-hydroxylation sites is 2. The van der Waals surface area contributed by atoms with Gasteiger partial charge in [-0.2, -0.15) is 5.10 Å². The van der Waals surface area contributed by atoms with Gasteiger partial charge in [0, 0.05) is 32.7 Å². The van der Waals surface area contributed by atoms with Crippen molar-refractivity contribution in [3.05, 3.63) is 42.1 Å². The number of ether oxygens (including phenoxy) is 2. The number of nitrogens with zero attached hydrogens (tertiary/aromatic N) is 4. The molecule has 1 amide bonds. The summed E-state index contributed by atoms with van der Waals surface area (Å²) in [5.41, 5.74) is 1.55. The highest BCUT2D eigenvalue weighted by molar-refractivity contribution is 5.86. The molecule has 0 bridgehead atoms. The molecule has 29 heavy (non-hydrogen) atoms. The maximum absolute atomic E-state index is 12.0. The summed E-state index contributed by atoms with van der Waals surface area (Å²) in [6.07, 6.45) is 0.338. The van der Waals surface area contributed by atoms with Crippen LogP contribution in [-0.2, 0) is 4.74 Å². The number of aryl methyl sites for hydroxylation is 1. The van der Waals surface area contributed by atoms with Gasteiger partial charge >= 0.3 is 6.09 Å². The standard InChI is InChI=1S/C21H29N5O3/c1-3-28-19-8-5-4-7-18(19)22-21(27)29-16-6-11-25-12-14-26(15-13-25)20-10-9-17(2)23-24-20/h4-5,7-10H,3,6,11-16H2,1-2H3,(H,22,27). The summed E-state index contributed by atoms with van der Waals surface area (Å²) < 4.78 is 10.8. The van der Waals surface area contributed by atoms with Crippen LogP contribution in [0.5, 0.6) is 5.75 Å². The zero-order valence-corrected chi connectivity index (χ0v) is 17.1. The Morgan fingerprint density at radius 1 is 1.10 bits per heavy atom. The van der Waals surface area contributed by atoms with Gasteiger partial charge in [-0.3, -0.25) is 10.2 Å². The van der Waals surface area contributed by atoms with Crippen molar-refractivity contribution in [2.75, 3.05) is 56.2 Å². The Labute approximate surface area is 171 Å². The van der Waals surface area contributed by atoms with Crippen LogP contribution in [-0.4, -0.2) is 67.1 Å². The van der Waals surface area contributed by atoms with Gasteiger partial charge in [-0.05, 0) is 44.5 Å². The molecule has 0 atom stereocenters.